The van der Waals surface area contributed by atoms with Gasteiger partial charge in [-0.25, -0.2) is 0 Å². The van der Waals surface area contributed by atoms with Gasteiger partial charge in [0.15, 0.2) is 23.0 Å². The Kier molecular flexibility index (Phi) is 4.67. The smallest absolute Gasteiger partial charge is 0.290 e. The van der Waals surface area contributed by atoms with Crippen LogP contribution in [0.3, 0.4) is 0 Å². The number of carbonyl (C=O) groups excluding carboxylic acids is 2. The van der Waals surface area contributed by atoms with Gasteiger partial charge in [0.05, 0.1) is 18.7 Å². The molecule has 0 unspecified atom stereocenters. The van der Waals surface area contributed by atoms with Gasteiger partial charge in [-0.15, -0.1) is 0 Å². The first kappa shape index (κ1) is 17.5. The summed E-state index contributed by atoms with van der Waals surface area (Å²) in [6.07, 6.45) is 0. The van der Waals surface area contributed by atoms with Crippen molar-refractivity contribution < 1.29 is 24.5 Å². The van der Waals surface area contributed by atoms with E-state index < -0.39 is 17.7 Å². The van der Waals surface area contributed by atoms with Crippen molar-refractivity contribution >= 4 is 11.7 Å². The molecule has 26 heavy (non-hydrogen) atoms. The maximum atomic E-state index is 12.6. The molecule has 1 aliphatic rings. The number of amides is 1. The standard InChI is InChI=1S/C20H19NO5/c1-12(22)17-18(14-8-9-15(23)16(10-14)26-2)21(20(25)19(17)24)11-13-6-4-3-5-7-13/h3-10,18,23-24H,11H2,1-2H3/t18-/m1/s1. The molecule has 0 radical (unpaired) electrons. The first-order chi connectivity index (χ1) is 12.4. The molecular formula is C20H19NO5. The van der Waals surface area contributed by atoms with Crippen molar-refractivity contribution in [3.8, 4) is 11.5 Å². The van der Waals surface area contributed by atoms with Crippen molar-refractivity contribution in [2.24, 2.45) is 0 Å². The number of ether oxygens (including phenoxy) is 1. The van der Waals surface area contributed by atoms with Crippen LogP contribution in [0.4, 0.5) is 0 Å². The van der Waals surface area contributed by atoms with E-state index in [1.807, 2.05) is 30.3 Å². The molecule has 1 amide bonds. The number of hydrogen-bond acceptors (Lipinski definition) is 5. The van der Waals surface area contributed by atoms with Crippen LogP contribution < -0.4 is 4.74 Å². The zero-order valence-electron chi connectivity index (χ0n) is 14.5. The summed E-state index contributed by atoms with van der Waals surface area (Å²) in [6.45, 7) is 1.55. The first-order valence-electron chi connectivity index (χ1n) is 8.10. The van der Waals surface area contributed by atoms with E-state index in [9.17, 15) is 19.8 Å². The fourth-order valence-electron chi connectivity index (χ4n) is 3.17. The summed E-state index contributed by atoms with van der Waals surface area (Å²) in [7, 11) is 1.42. The SMILES string of the molecule is COc1cc([C@@H]2C(C(C)=O)=C(O)C(=O)N2Cc2ccccc2)ccc1O. The fourth-order valence-corrected chi connectivity index (χ4v) is 3.17. The number of ketones is 1. The van der Waals surface area contributed by atoms with Gasteiger partial charge < -0.3 is 19.8 Å². The molecule has 2 aromatic rings. The molecule has 134 valence electrons. The van der Waals surface area contributed by atoms with Crippen LogP contribution in [0, 0.1) is 0 Å². The largest absolute Gasteiger partial charge is 0.504 e. The van der Waals surface area contributed by atoms with Crippen LogP contribution in [0.1, 0.15) is 24.1 Å². The lowest BCUT2D eigenvalue weighted by molar-refractivity contribution is -0.130. The molecule has 1 atom stereocenters. The molecule has 0 saturated carbocycles. The van der Waals surface area contributed by atoms with Gasteiger partial charge in [0.2, 0.25) is 0 Å². The monoisotopic (exact) mass is 353 g/mol. The number of Topliss-reactive ketones (excluding diaryl/α,β-unsaturated/α-hetero) is 1. The second-order valence-corrected chi connectivity index (χ2v) is 6.07. The molecule has 2 N–H and O–H groups in total. The Morgan fingerprint density at radius 3 is 2.46 bits per heavy atom. The van der Waals surface area contributed by atoms with Gasteiger partial charge in [0.1, 0.15) is 0 Å². The normalized spacial score (nSPS) is 16.9. The summed E-state index contributed by atoms with van der Waals surface area (Å²) in [6, 6.07) is 13.2. The Hall–Kier alpha value is -3.28. The van der Waals surface area contributed by atoms with Gasteiger partial charge in [0.25, 0.3) is 5.91 Å². The van der Waals surface area contributed by atoms with E-state index in [0.29, 0.717) is 5.56 Å². The van der Waals surface area contributed by atoms with Crippen molar-refractivity contribution in [3.63, 3.8) is 0 Å². The highest BCUT2D eigenvalue weighted by Gasteiger charge is 2.42. The van der Waals surface area contributed by atoms with E-state index >= 15 is 0 Å². The molecule has 0 aliphatic carbocycles. The summed E-state index contributed by atoms with van der Waals surface area (Å²) in [5, 5.41) is 20.1. The van der Waals surface area contributed by atoms with E-state index in [-0.39, 0.29) is 29.4 Å². The second-order valence-electron chi connectivity index (χ2n) is 6.07. The van der Waals surface area contributed by atoms with Gasteiger partial charge in [-0.1, -0.05) is 36.4 Å². The van der Waals surface area contributed by atoms with Crippen molar-refractivity contribution in [3.05, 3.63) is 71.0 Å². The molecule has 0 aromatic heterocycles. The molecule has 2 aromatic carbocycles. The highest BCUT2D eigenvalue weighted by Crippen LogP contribution is 2.41. The molecule has 0 bridgehead atoms. The highest BCUT2D eigenvalue weighted by molar-refractivity contribution is 6.08. The predicted molar refractivity (Wildman–Crippen MR) is 94.7 cm³/mol. The summed E-state index contributed by atoms with van der Waals surface area (Å²) >= 11 is 0. The minimum absolute atomic E-state index is 0.0404. The quantitative estimate of drug-likeness (QED) is 0.863. The predicted octanol–water partition coefficient (Wildman–Crippen LogP) is 2.89. The van der Waals surface area contributed by atoms with Crippen LogP contribution in [0.2, 0.25) is 0 Å². The summed E-state index contributed by atoms with van der Waals surface area (Å²) in [5.74, 6) is -1.35. The van der Waals surface area contributed by atoms with E-state index in [1.165, 1.54) is 25.0 Å². The third-order valence-corrected chi connectivity index (χ3v) is 4.40. The third kappa shape index (κ3) is 3.01. The van der Waals surface area contributed by atoms with Gasteiger partial charge >= 0.3 is 0 Å². The van der Waals surface area contributed by atoms with Gasteiger partial charge in [0, 0.05) is 6.54 Å². The zero-order chi connectivity index (χ0) is 18.8. The summed E-state index contributed by atoms with van der Waals surface area (Å²) in [5.41, 5.74) is 1.48. The second kappa shape index (κ2) is 6.92. The number of rotatable bonds is 5. The summed E-state index contributed by atoms with van der Waals surface area (Å²) in [4.78, 5) is 26.2. The lowest BCUT2D eigenvalue weighted by atomic mass is 9.96. The topological polar surface area (TPSA) is 87.1 Å². The molecule has 6 nitrogen and oxygen atoms in total. The Morgan fingerprint density at radius 2 is 1.85 bits per heavy atom. The van der Waals surface area contributed by atoms with Crippen molar-refractivity contribution in [1.29, 1.82) is 0 Å². The fraction of sp³-hybridized carbons (Fsp3) is 0.200. The number of aliphatic hydroxyl groups excluding tert-OH is 1. The Bertz CT molecular complexity index is 888. The first-order valence-corrected chi connectivity index (χ1v) is 8.10. The minimum Gasteiger partial charge on any atom is -0.504 e. The zero-order valence-corrected chi connectivity index (χ0v) is 14.5. The minimum atomic E-state index is -0.755. The van der Waals surface area contributed by atoms with Crippen LogP contribution in [-0.4, -0.2) is 33.9 Å². The highest BCUT2D eigenvalue weighted by atomic mass is 16.5. The van der Waals surface area contributed by atoms with Gasteiger partial charge in [-0.05, 0) is 30.2 Å². The molecule has 3 rings (SSSR count). The number of carbonyl (C=O) groups is 2. The Morgan fingerprint density at radius 1 is 1.15 bits per heavy atom. The van der Waals surface area contributed by atoms with E-state index in [1.54, 1.807) is 12.1 Å². The molecule has 0 saturated heterocycles. The average molecular weight is 353 g/mol. The maximum Gasteiger partial charge on any atom is 0.290 e. The number of phenols is 1. The molecule has 0 fully saturated rings. The van der Waals surface area contributed by atoms with Crippen LogP contribution >= 0.6 is 0 Å². The molecule has 0 spiro atoms. The van der Waals surface area contributed by atoms with E-state index in [4.69, 9.17) is 4.74 Å². The third-order valence-electron chi connectivity index (χ3n) is 4.40. The number of methoxy groups -OCH3 is 1. The molecule has 6 heteroatoms. The van der Waals surface area contributed by atoms with Crippen LogP contribution in [0.5, 0.6) is 11.5 Å². The van der Waals surface area contributed by atoms with E-state index in [0.717, 1.165) is 5.56 Å². The average Bonchev–Trinajstić information content (AvgIpc) is 2.88. The molecule has 1 heterocycles. The number of benzene rings is 2. The number of phenolic OH excluding ortho intramolecular Hbond substituents is 1. The number of hydrogen-bond donors (Lipinski definition) is 2. The van der Waals surface area contributed by atoms with Crippen molar-refractivity contribution in [2.45, 2.75) is 19.5 Å². The van der Waals surface area contributed by atoms with Crippen LogP contribution in [-0.2, 0) is 16.1 Å². The maximum absolute atomic E-state index is 12.6. The molecular weight excluding hydrogens is 334 g/mol. The number of aromatic hydroxyl groups is 1. The lowest BCUT2D eigenvalue weighted by Crippen LogP contribution is -2.30. The summed E-state index contributed by atoms with van der Waals surface area (Å²) < 4.78 is 5.13. The van der Waals surface area contributed by atoms with Gasteiger partial charge in [-0.3, -0.25) is 9.59 Å². The van der Waals surface area contributed by atoms with Crippen LogP contribution in [0.15, 0.2) is 59.9 Å². The Balaban J connectivity index is 2.08. The van der Waals surface area contributed by atoms with Crippen molar-refractivity contribution in [2.75, 3.05) is 7.11 Å². The van der Waals surface area contributed by atoms with Crippen molar-refractivity contribution in [1.82, 2.24) is 4.90 Å². The lowest BCUT2D eigenvalue weighted by Gasteiger charge is -2.27. The molecule has 1 aliphatic heterocycles. The van der Waals surface area contributed by atoms with Gasteiger partial charge in [-0.2, -0.15) is 0 Å². The van der Waals surface area contributed by atoms with Crippen LogP contribution in [0.25, 0.3) is 0 Å². The number of aliphatic hydroxyl groups is 1. The van der Waals surface area contributed by atoms with E-state index in [2.05, 4.69) is 0 Å². The number of nitrogens with zero attached hydrogens (tertiary/aromatic N) is 1. The Labute approximate surface area is 150 Å².